The first-order valence-corrected chi connectivity index (χ1v) is 6.07. The van der Waals surface area contributed by atoms with Gasteiger partial charge in [0.2, 0.25) is 0 Å². The van der Waals surface area contributed by atoms with Crippen molar-refractivity contribution in [2.45, 2.75) is 50.9 Å². The number of alkyl halides is 3. The Hall–Kier alpha value is -0.330. The third-order valence-electron chi connectivity index (χ3n) is 2.93. The van der Waals surface area contributed by atoms with E-state index < -0.39 is 12.8 Å². The van der Waals surface area contributed by atoms with E-state index in [1.807, 2.05) is 13.8 Å². The van der Waals surface area contributed by atoms with Crippen molar-refractivity contribution in [2.75, 3.05) is 27.4 Å². The van der Waals surface area contributed by atoms with E-state index >= 15 is 0 Å². The molecule has 6 heteroatoms. The Bertz CT molecular complexity index is 220. The molecule has 1 N–H and O–H groups in total. The minimum Gasteiger partial charge on any atom is -0.379 e. The number of hydrogen-bond donors (Lipinski definition) is 1. The predicted molar refractivity (Wildman–Crippen MR) is 64.7 cm³/mol. The molecule has 0 aromatic rings. The zero-order chi connectivity index (χ0) is 14.2. The Kier molecular flexibility index (Phi) is 7.82. The molecule has 0 aliphatic carbocycles. The van der Waals surface area contributed by atoms with Crippen LogP contribution in [0.1, 0.15) is 33.1 Å². The van der Waals surface area contributed by atoms with Crippen molar-refractivity contribution in [2.24, 2.45) is 0 Å². The van der Waals surface area contributed by atoms with Gasteiger partial charge in [0.05, 0.1) is 5.60 Å². The first-order chi connectivity index (χ1) is 8.20. The van der Waals surface area contributed by atoms with E-state index in [1.165, 1.54) is 0 Å². The molecule has 110 valence electrons. The summed E-state index contributed by atoms with van der Waals surface area (Å²) in [5.41, 5.74) is -0.206. The second-order valence-electron chi connectivity index (χ2n) is 4.94. The number of nitrogens with one attached hydrogen (secondary N) is 1. The zero-order valence-electron chi connectivity index (χ0n) is 11.6. The van der Waals surface area contributed by atoms with Crippen molar-refractivity contribution >= 4 is 0 Å². The molecular formula is C12H24F3NO2. The normalized spacial score (nSPS) is 14.8. The largest absolute Gasteiger partial charge is 0.411 e. The molecule has 0 aromatic heterocycles. The molecule has 18 heavy (non-hydrogen) atoms. The molecule has 3 nitrogen and oxygen atoms in total. The first-order valence-electron chi connectivity index (χ1n) is 6.07. The van der Waals surface area contributed by atoms with Gasteiger partial charge in [-0.15, -0.1) is 0 Å². The van der Waals surface area contributed by atoms with Crippen molar-refractivity contribution in [3.8, 4) is 0 Å². The highest BCUT2D eigenvalue weighted by atomic mass is 19.4. The zero-order valence-corrected chi connectivity index (χ0v) is 11.6. The van der Waals surface area contributed by atoms with Crippen LogP contribution in [-0.2, 0) is 9.47 Å². The highest BCUT2D eigenvalue weighted by Crippen LogP contribution is 2.18. The van der Waals surface area contributed by atoms with Gasteiger partial charge in [0.15, 0.2) is 0 Å². The SMILES string of the molecule is CNC(CCOCC(F)(F)F)CCC(C)(C)OC. The quantitative estimate of drug-likeness (QED) is 0.654. The van der Waals surface area contributed by atoms with E-state index in [2.05, 4.69) is 10.1 Å². The molecule has 0 aliphatic rings. The van der Waals surface area contributed by atoms with Gasteiger partial charge in [0, 0.05) is 19.8 Å². The Labute approximate surface area is 107 Å². The molecular weight excluding hydrogens is 247 g/mol. The summed E-state index contributed by atoms with van der Waals surface area (Å²) in [5, 5.41) is 3.08. The van der Waals surface area contributed by atoms with Gasteiger partial charge in [-0.1, -0.05) is 0 Å². The predicted octanol–water partition coefficient (Wildman–Crippen LogP) is 2.75. The molecule has 0 rings (SSSR count). The first kappa shape index (κ1) is 17.7. The Balaban J connectivity index is 3.78. The van der Waals surface area contributed by atoms with Crippen LogP contribution in [0.2, 0.25) is 0 Å². The number of rotatable bonds is 9. The van der Waals surface area contributed by atoms with E-state index in [1.54, 1.807) is 14.2 Å². The van der Waals surface area contributed by atoms with Crippen LogP contribution in [-0.4, -0.2) is 45.2 Å². The maximum atomic E-state index is 11.9. The standard InChI is InChI=1S/C12H24F3NO2/c1-11(2,17-4)7-5-10(16-3)6-8-18-9-12(13,14)15/h10,16H,5-9H2,1-4H3. The van der Waals surface area contributed by atoms with Crippen LogP contribution < -0.4 is 5.32 Å². The lowest BCUT2D eigenvalue weighted by Gasteiger charge is -2.25. The van der Waals surface area contributed by atoms with Crippen LogP contribution in [0.15, 0.2) is 0 Å². The van der Waals surface area contributed by atoms with Crippen LogP contribution >= 0.6 is 0 Å². The molecule has 0 spiro atoms. The minimum absolute atomic E-state index is 0.110. The molecule has 0 saturated heterocycles. The van der Waals surface area contributed by atoms with Gasteiger partial charge in [0.25, 0.3) is 0 Å². The summed E-state index contributed by atoms with van der Waals surface area (Å²) in [6.07, 6.45) is -2.00. The number of hydrogen-bond acceptors (Lipinski definition) is 3. The molecule has 1 atom stereocenters. The highest BCUT2D eigenvalue weighted by molar-refractivity contribution is 4.73. The Morgan fingerprint density at radius 3 is 2.22 bits per heavy atom. The average Bonchev–Trinajstić information content (AvgIpc) is 2.27. The van der Waals surface area contributed by atoms with Gasteiger partial charge in [-0.25, -0.2) is 0 Å². The monoisotopic (exact) mass is 271 g/mol. The fraction of sp³-hybridized carbons (Fsp3) is 1.00. The third kappa shape index (κ3) is 9.67. The number of halogens is 3. The van der Waals surface area contributed by atoms with Crippen LogP contribution in [0, 0.1) is 0 Å². The average molecular weight is 271 g/mol. The van der Waals surface area contributed by atoms with Gasteiger partial charge in [0.1, 0.15) is 6.61 Å². The maximum absolute atomic E-state index is 11.9. The summed E-state index contributed by atoms with van der Waals surface area (Å²) < 4.78 is 45.5. The van der Waals surface area contributed by atoms with Gasteiger partial charge < -0.3 is 14.8 Å². The second-order valence-corrected chi connectivity index (χ2v) is 4.94. The molecule has 0 bridgehead atoms. The van der Waals surface area contributed by atoms with Crippen LogP contribution in [0.25, 0.3) is 0 Å². The summed E-state index contributed by atoms with van der Waals surface area (Å²) in [7, 11) is 3.45. The summed E-state index contributed by atoms with van der Waals surface area (Å²) in [6, 6.07) is 0.146. The summed E-state index contributed by atoms with van der Waals surface area (Å²) in [4.78, 5) is 0. The summed E-state index contributed by atoms with van der Waals surface area (Å²) >= 11 is 0. The van der Waals surface area contributed by atoms with Crippen LogP contribution in [0.4, 0.5) is 13.2 Å². The van der Waals surface area contributed by atoms with Crippen molar-refractivity contribution in [1.82, 2.24) is 5.32 Å². The van der Waals surface area contributed by atoms with Crippen molar-refractivity contribution in [1.29, 1.82) is 0 Å². The number of methoxy groups -OCH3 is 1. The van der Waals surface area contributed by atoms with Crippen LogP contribution in [0.5, 0.6) is 0 Å². The van der Waals surface area contributed by atoms with Crippen molar-refractivity contribution < 1.29 is 22.6 Å². The lowest BCUT2D eigenvalue weighted by Crippen LogP contribution is -2.31. The van der Waals surface area contributed by atoms with E-state index in [4.69, 9.17) is 4.74 Å². The molecule has 1 unspecified atom stereocenters. The number of ether oxygens (including phenoxy) is 2. The fourth-order valence-electron chi connectivity index (χ4n) is 1.47. The molecule has 0 heterocycles. The maximum Gasteiger partial charge on any atom is 0.411 e. The molecule has 0 radical (unpaired) electrons. The minimum atomic E-state index is -4.24. The smallest absolute Gasteiger partial charge is 0.379 e. The Morgan fingerprint density at radius 1 is 1.17 bits per heavy atom. The van der Waals surface area contributed by atoms with E-state index in [0.717, 1.165) is 12.8 Å². The topological polar surface area (TPSA) is 30.5 Å². The summed E-state index contributed by atoms with van der Waals surface area (Å²) in [6.45, 7) is 2.91. The van der Waals surface area contributed by atoms with Crippen molar-refractivity contribution in [3.05, 3.63) is 0 Å². The lowest BCUT2D eigenvalue weighted by molar-refractivity contribution is -0.174. The van der Waals surface area contributed by atoms with Gasteiger partial charge in [-0.05, 0) is 40.2 Å². The van der Waals surface area contributed by atoms with Crippen molar-refractivity contribution in [3.63, 3.8) is 0 Å². The lowest BCUT2D eigenvalue weighted by atomic mass is 9.97. The Morgan fingerprint density at radius 2 is 1.78 bits per heavy atom. The summed E-state index contributed by atoms with van der Waals surface area (Å²) in [5.74, 6) is 0. The molecule has 0 aliphatic heterocycles. The van der Waals surface area contributed by atoms with E-state index in [9.17, 15) is 13.2 Å². The van der Waals surface area contributed by atoms with Gasteiger partial charge in [-0.3, -0.25) is 0 Å². The van der Waals surface area contributed by atoms with E-state index in [0.29, 0.717) is 6.42 Å². The molecule has 0 saturated carbocycles. The fourth-order valence-corrected chi connectivity index (χ4v) is 1.47. The van der Waals surface area contributed by atoms with E-state index in [-0.39, 0.29) is 18.2 Å². The van der Waals surface area contributed by atoms with Crippen LogP contribution in [0.3, 0.4) is 0 Å². The van der Waals surface area contributed by atoms with Gasteiger partial charge >= 0.3 is 6.18 Å². The molecule has 0 fully saturated rings. The van der Waals surface area contributed by atoms with Gasteiger partial charge in [-0.2, -0.15) is 13.2 Å². The molecule has 0 amide bonds. The highest BCUT2D eigenvalue weighted by Gasteiger charge is 2.27. The molecule has 0 aromatic carbocycles. The second kappa shape index (κ2) is 7.96. The third-order valence-corrected chi connectivity index (χ3v) is 2.93.